The first kappa shape index (κ1) is 21.2. The Morgan fingerprint density at radius 3 is 2.26 bits per heavy atom. The van der Waals surface area contributed by atoms with Gasteiger partial charge >= 0.3 is 0 Å². The van der Waals surface area contributed by atoms with E-state index in [9.17, 15) is 13.2 Å². The standard InChI is InChI=1S/C22H24N4O4S/c1-16-14-25(15-17(2)30-16)31(28,29)21-10-6-19(7-11-21)24-22(27)18-4-8-20(9-5-18)26-13-3-12-23-26/h3-13,16-17H,14-15H2,1-2H3,(H,24,27)/t16-,17-/m1/s1. The third-order valence-corrected chi connectivity index (χ3v) is 6.88. The van der Waals surface area contributed by atoms with Crippen LogP contribution in [-0.2, 0) is 14.8 Å². The van der Waals surface area contributed by atoms with E-state index in [1.807, 2.05) is 38.2 Å². The minimum absolute atomic E-state index is 0.156. The summed E-state index contributed by atoms with van der Waals surface area (Å²) < 4.78 is 34.6. The number of carbonyl (C=O) groups is 1. The second-order valence-electron chi connectivity index (χ2n) is 7.56. The van der Waals surface area contributed by atoms with Crippen LogP contribution in [0.3, 0.4) is 0 Å². The summed E-state index contributed by atoms with van der Waals surface area (Å²) in [5.41, 5.74) is 1.86. The Bertz CT molecular complexity index is 1130. The number of hydrogen-bond donors (Lipinski definition) is 1. The Morgan fingerprint density at radius 1 is 1.03 bits per heavy atom. The van der Waals surface area contributed by atoms with Gasteiger partial charge in [-0.1, -0.05) is 0 Å². The lowest BCUT2D eigenvalue weighted by Crippen LogP contribution is -2.48. The molecule has 31 heavy (non-hydrogen) atoms. The van der Waals surface area contributed by atoms with Gasteiger partial charge in [-0.3, -0.25) is 4.79 Å². The van der Waals surface area contributed by atoms with Gasteiger partial charge in [0.15, 0.2) is 0 Å². The van der Waals surface area contributed by atoms with Crippen LogP contribution < -0.4 is 5.32 Å². The van der Waals surface area contributed by atoms with Crippen LogP contribution in [0.15, 0.2) is 71.9 Å². The van der Waals surface area contributed by atoms with E-state index in [-0.39, 0.29) is 23.0 Å². The molecule has 1 aliphatic rings. The zero-order valence-corrected chi connectivity index (χ0v) is 18.1. The molecular formula is C22H24N4O4S. The van der Waals surface area contributed by atoms with E-state index in [0.29, 0.717) is 24.3 Å². The highest BCUT2D eigenvalue weighted by atomic mass is 32.2. The zero-order chi connectivity index (χ0) is 22.0. The molecule has 9 heteroatoms. The lowest BCUT2D eigenvalue weighted by molar-refractivity contribution is -0.0440. The highest BCUT2D eigenvalue weighted by Crippen LogP contribution is 2.23. The number of aromatic nitrogens is 2. The van der Waals surface area contributed by atoms with Gasteiger partial charge in [-0.15, -0.1) is 0 Å². The average molecular weight is 441 g/mol. The molecule has 0 unspecified atom stereocenters. The first-order chi connectivity index (χ1) is 14.8. The summed E-state index contributed by atoms with van der Waals surface area (Å²) in [6.07, 6.45) is 3.20. The van der Waals surface area contributed by atoms with Crippen molar-refractivity contribution < 1.29 is 17.9 Å². The number of nitrogens with one attached hydrogen (secondary N) is 1. The number of morpholine rings is 1. The Kier molecular flexibility index (Phi) is 5.90. The molecule has 162 valence electrons. The maximum absolute atomic E-state index is 12.9. The quantitative estimate of drug-likeness (QED) is 0.658. The van der Waals surface area contributed by atoms with E-state index in [1.165, 1.54) is 16.4 Å². The van der Waals surface area contributed by atoms with Crippen LogP contribution in [0.2, 0.25) is 0 Å². The van der Waals surface area contributed by atoms with E-state index >= 15 is 0 Å². The number of sulfonamides is 1. The van der Waals surface area contributed by atoms with Crippen molar-refractivity contribution in [3.63, 3.8) is 0 Å². The second kappa shape index (κ2) is 8.62. The normalized spacial score (nSPS) is 19.8. The van der Waals surface area contributed by atoms with Crippen LogP contribution in [-0.4, -0.2) is 53.7 Å². The Morgan fingerprint density at radius 2 is 1.68 bits per heavy atom. The molecule has 4 rings (SSSR count). The highest BCUT2D eigenvalue weighted by molar-refractivity contribution is 7.89. The zero-order valence-electron chi connectivity index (χ0n) is 17.3. The van der Waals surface area contributed by atoms with Crippen LogP contribution in [0.5, 0.6) is 0 Å². The van der Waals surface area contributed by atoms with E-state index in [1.54, 1.807) is 35.1 Å². The first-order valence-electron chi connectivity index (χ1n) is 10.00. The van der Waals surface area contributed by atoms with Gasteiger partial charge in [-0.2, -0.15) is 9.40 Å². The molecule has 0 spiro atoms. The minimum Gasteiger partial charge on any atom is -0.373 e. The molecule has 1 N–H and O–H groups in total. The van der Waals surface area contributed by atoms with Crippen molar-refractivity contribution in [3.8, 4) is 5.69 Å². The summed E-state index contributed by atoms with van der Waals surface area (Å²) in [5.74, 6) is -0.279. The molecule has 1 saturated heterocycles. The van der Waals surface area contributed by atoms with Crippen molar-refractivity contribution >= 4 is 21.6 Å². The number of hydrogen-bond acceptors (Lipinski definition) is 5. The van der Waals surface area contributed by atoms with Gasteiger partial charge in [0.25, 0.3) is 5.91 Å². The number of rotatable bonds is 5. The third-order valence-electron chi connectivity index (χ3n) is 5.03. The minimum atomic E-state index is -3.62. The molecule has 3 aromatic rings. The van der Waals surface area contributed by atoms with Crippen LogP contribution in [0.25, 0.3) is 5.69 Å². The molecule has 8 nitrogen and oxygen atoms in total. The van der Waals surface area contributed by atoms with Gasteiger partial charge in [-0.25, -0.2) is 13.1 Å². The Balaban J connectivity index is 1.44. The van der Waals surface area contributed by atoms with Crippen LogP contribution >= 0.6 is 0 Å². The molecule has 1 amide bonds. The summed E-state index contributed by atoms with van der Waals surface area (Å²) in [4.78, 5) is 12.7. The van der Waals surface area contributed by atoms with Crippen molar-refractivity contribution in [1.82, 2.24) is 14.1 Å². The first-order valence-corrected chi connectivity index (χ1v) is 11.4. The number of carbonyl (C=O) groups excluding carboxylic acids is 1. The predicted molar refractivity (Wildman–Crippen MR) is 117 cm³/mol. The summed E-state index contributed by atoms with van der Waals surface area (Å²) in [5, 5.41) is 6.95. The molecule has 0 saturated carbocycles. The maximum Gasteiger partial charge on any atom is 0.255 e. The number of ether oxygens (including phenoxy) is 1. The average Bonchev–Trinajstić information content (AvgIpc) is 3.28. The predicted octanol–water partition coefficient (Wildman–Crippen LogP) is 2.92. The summed E-state index contributed by atoms with van der Waals surface area (Å²) in [7, 11) is -3.62. The van der Waals surface area contributed by atoms with Crippen LogP contribution in [0.4, 0.5) is 5.69 Å². The van der Waals surface area contributed by atoms with Gasteiger partial charge in [-0.05, 0) is 68.4 Å². The van der Waals surface area contributed by atoms with Crippen LogP contribution in [0.1, 0.15) is 24.2 Å². The molecule has 0 bridgehead atoms. The van der Waals surface area contributed by atoms with E-state index in [4.69, 9.17) is 4.74 Å². The second-order valence-corrected chi connectivity index (χ2v) is 9.49. The Hall–Kier alpha value is -3.01. The van der Waals surface area contributed by atoms with Crippen LogP contribution in [0, 0.1) is 0 Å². The lowest BCUT2D eigenvalue weighted by Gasteiger charge is -2.34. The molecule has 0 aliphatic carbocycles. The van der Waals surface area contributed by atoms with Crippen molar-refractivity contribution in [2.75, 3.05) is 18.4 Å². The van der Waals surface area contributed by atoms with Gasteiger partial charge in [0.2, 0.25) is 10.0 Å². The van der Waals surface area contributed by atoms with E-state index in [0.717, 1.165) is 5.69 Å². The van der Waals surface area contributed by atoms with Crippen molar-refractivity contribution in [2.24, 2.45) is 0 Å². The van der Waals surface area contributed by atoms with Crippen molar-refractivity contribution in [1.29, 1.82) is 0 Å². The number of anilines is 1. The molecule has 2 heterocycles. The SMILES string of the molecule is C[C@@H]1CN(S(=O)(=O)c2ccc(NC(=O)c3ccc(-n4cccn4)cc3)cc2)C[C@@H](C)O1. The van der Waals surface area contributed by atoms with Crippen molar-refractivity contribution in [2.45, 2.75) is 31.0 Å². The summed E-state index contributed by atoms with van der Waals surface area (Å²) >= 11 is 0. The molecule has 1 fully saturated rings. The summed E-state index contributed by atoms with van der Waals surface area (Å²) in [6.45, 7) is 4.36. The molecule has 1 aromatic heterocycles. The summed E-state index contributed by atoms with van der Waals surface area (Å²) in [6, 6.07) is 15.1. The highest BCUT2D eigenvalue weighted by Gasteiger charge is 2.32. The maximum atomic E-state index is 12.9. The molecule has 2 atom stereocenters. The largest absolute Gasteiger partial charge is 0.373 e. The van der Waals surface area contributed by atoms with E-state index < -0.39 is 10.0 Å². The van der Waals surface area contributed by atoms with Gasteiger partial charge < -0.3 is 10.1 Å². The van der Waals surface area contributed by atoms with Crippen molar-refractivity contribution in [3.05, 3.63) is 72.6 Å². The van der Waals surface area contributed by atoms with Gasteiger partial charge in [0.05, 0.1) is 22.8 Å². The fourth-order valence-corrected chi connectivity index (χ4v) is 5.17. The third kappa shape index (κ3) is 4.68. The Labute approximate surface area is 181 Å². The smallest absolute Gasteiger partial charge is 0.255 e. The molecule has 1 aliphatic heterocycles. The molecular weight excluding hydrogens is 416 g/mol. The van der Waals surface area contributed by atoms with Gasteiger partial charge in [0, 0.05) is 36.7 Å². The fraction of sp³-hybridized carbons (Fsp3) is 0.273. The fourth-order valence-electron chi connectivity index (χ4n) is 3.58. The topological polar surface area (TPSA) is 93.5 Å². The monoisotopic (exact) mass is 440 g/mol. The molecule has 0 radical (unpaired) electrons. The van der Waals surface area contributed by atoms with Gasteiger partial charge in [0.1, 0.15) is 0 Å². The number of nitrogens with zero attached hydrogens (tertiary/aromatic N) is 3. The molecule has 2 aromatic carbocycles. The number of benzene rings is 2. The number of amides is 1. The van der Waals surface area contributed by atoms with E-state index in [2.05, 4.69) is 10.4 Å². The lowest BCUT2D eigenvalue weighted by atomic mass is 10.2.